The van der Waals surface area contributed by atoms with Gasteiger partial charge in [0, 0.05) is 6.92 Å². The fraction of sp³-hybridized carbons (Fsp3) is 0.375. The van der Waals surface area contributed by atoms with E-state index in [0.29, 0.717) is 0 Å². The molecule has 1 saturated heterocycles. The van der Waals surface area contributed by atoms with Crippen molar-refractivity contribution >= 4 is 17.6 Å². The highest BCUT2D eigenvalue weighted by Crippen LogP contribution is 2.35. The largest absolute Gasteiger partial charge is 0.469 e. The van der Waals surface area contributed by atoms with Gasteiger partial charge >= 0.3 is 5.97 Å². The zero-order chi connectivity index (χ0) is 15.7. The molecule has 1 aromatic rings. The van der Waals surface area contributed by atoms with Crippen LogP contribution in [0.3, 0.4) is 0 Å². The molecule has 0 unspecified atom stereocenters. The maximum absolute atomic E-state index is 12.0. The Hall–Kier alpha value is -2.34. The second-order valence-corrected chi connectivity index (χ2v) is 5.31. The van der Waals surface area contributed by atoms with Crippen molar-refractivity contribution in [1.29, 1.82) is 0 Å². The van der Waals surface area contributed by atoms with Gasteiger partial charge in [0.25, 0.3) is 0 Å². The van der Waals surface area contributed by atoms with Crippen molar-refractivity contribution in [3.05, 3.63) is 42.5 Å². The lowest BCUT2D eigenvalue weighted by molar-refractivity contribution is -0.167. The number of hydrogen-bond donors (Lipinski definition) is 0. The van der Waals surface area contributed by atoms with Gasteiger partial charge in [-0.05, 0) is 18.2 Å². The third kappa shape index (κ3) is 2.46. The maximum Gasteiger partial charge on any atom is 0.307 e. The maximum atomic E-state index is 12.0. The number of benzene rings is 1. The van der Waals surface area contributed by atoms with Gasteiger partial charge in [0.2, 0.25) is 5.91 Å². The van der Waals surface area contributed by atoms with Crippen molar-refractivity contribution in [1.82, 2.24) is 4.90 Å². The average molecular weight is 302 g/mol. The molecule has 6 nitrogen and oxygen atoms in total. The Kier molecular flexibility index (Phi) is 3.85. The molecular weight excluding hydrogens is 284 g/mol. The number of carbonyl (C=O) groups is 2. The van der Waals surface area contributed by atoms with Crippen LogP contribution in [0.1, 0.15) is 13.3 Å². The Balaban J connectivity index is 1.93. The minimum Gasteiger partial charge on any atom is -0.469 e. The summed E-state index contributed by atoms with van der Waals surface area (Å²) in [6.07, 6.45) is 3.46. The van der Waals surface area contributed by atoms with Gasteiger partial charge in [-0.1, -0.05) is 24.3 Å². The monoisotopic (exact) mass is 302 g/mol. The van der Waals surface area contributed by atoms with Crippen molar-refractivity contribution in [2.75, 3.05) is 12.2 Å². The summed E-state index contributed by atoms with van der Waals surface area (Å²) in [7, 11) is 1.35. The lowest BCUT2D eigenvalue weighted by atomic mass is 9.95. The molecule has 0 aromatic heterocycles. The number of fused-ring (bicyclic) bond motifs is 2. The summed E-state index contributed by atoms with van der Waals surface area (Å²) in [4.78, 5) is 31.2. The number of methoxy groups -OCH3 is 1. The van der Waals surface area contributed by atoms with E-state index in [0.717, 1.165) is 5.69 Å². The third-order valence-electron chi connectivity index (χ3n) is 3.97. The normalized spacial score (nSPS) is 26.2. The molecule has 1 aromatic carbocycles. The first-order chi connectivity index (χ1) is 10.6. The molecule has 3 aliphatic heterocycles. The number of para-hydroxylation sites is 1. The molecule has 0 spiro atoms. The van der Waals surface area contributed by atoms with E-state index in [9.17, 15) is 9.59 Å². The molecule has 1 fully saturated rings. The molecule has 3 aliphatic rings. The summed E-state index contributed by atoms with van der Waals surface area (Å²) in [5.41, 5.74) is 0.889. The number of amides is 1. The Morgan fingerprint density at radius 1 is 1.23 bits per heavy atom. The van der Waals surface area contributed by atoms with Crippen LogP contribution in [0.5, 0.6) is 0 Å². The molecule has 4 rings (SSSR count). The second kappa shape index (κ2) is 5.81. The number of ether oxygens (including phenoxy) is 1. The third-order valence-corrected chi connectivity index (χ3v) is 3.97. The van der Waals surface area contributed by atoms with E-state index in [1.165, 1.54) is 14.0 Å². The molecule has 0 N–H and O–H groups in total. The van der Waals surface area contributed by atoms with E-state index >= 15 is 0 Å². The van der Waals surface area contributed by atoms with Crippen LogP contribution in [0.4, 0.5) is 5.69 Å². The van der Waals surface area contributed by atoms with Crippen molar-refractivity contribution in [3.63, 3.8) is 0 Å². The van der Waals surface area contributed by atoms with Gasteiger partial charge in [-0.25, -0.2) is 9.90 Å². The highest BCUT2D eigenvalue weighted by molar-refractivity contribution is 5.77. The van der Waals surface area contributed by atoms with Crippen molar-refractivity contribution in [3.8, 4) is 0 Å². The van der Waals surface area contributed by atoms with Crippen molar-refractivity contribution in [2.24, 2.45) is 0 Å². The molecule has 116 valence electrons. The first-order valence-corrected chi connectivity index (χ1v) is 7.17. The first-order valence-electron chi connectivity index (χ1n) is 7.17. The van der Waals surface area contributed by atoms with E-state index in [-0.39, 0.29) is 30.4 Å². The molecule has 6 heteroatoms. The standard InChI is InChI=1S/C16H18N2O4/c1-11(19)17-14(10-16(20)21-2)13-8-9-15(17)22-18(13)12-6-4-3-5-7-12/h3-9,13-15H,10H2,1-2H3/t13-,14+,15+/m0/s1. The zero-order valence-corrected chi connectivity index (χ0v) is 12.5. The summed E-state index contributed by atoms with van der Waals surface area (Å²) < 4.78 is 4.77. The summed E-state index contributed by atoms with van der Waals surface area (Å²) in [6.45, 7) is 1.48. The van der Waals surface area contributed by atoms with Gasteiger partial charge in [0.05, 0.1) is 31.3 Å². The van der Waals surface area contributed by atoms with Crippen LogP contribution >= 0.6 is 0 Å². The van der Waals surface area contributed by atoms with Crippen LogP contribution < -0.4 is 5.06 Å². The predicted molar refractivity (Wildman–Crippen MR) is 79.7 cm³/mol. The molecule has 0 aliphatic carbocycles. The predicted octanol–water partition coefficient (Wildman–Crippen LogP) is 1.48. The minimum atomic E-state index is -0.502. The SMILES string of the molecule is COC(=O)C[C@@H]1[C@@H]2C=C[C@@H](ON2c2ccccc2)N1C(C)=O. The molecule has 3 atom stereocenters. The molecule has 0 saturated carbocycles. The molecule has 1 amide bonds. The highest BCUT2D eigenvalue weighted by atomic mass is 16.7. The van der Waals surface area contributed by atoms with Crippen molar-refractivity contribution < 1.29 is 19.2 Å². The van der Waals surface area contributed by atoms with E-state index in [1.54, 1.807) is 9.96 Å². The lowest BCUT2D eigenvalue weighted by Crippen LogP contribution is -2.66. The second-order valence-electron chi connectivity index (χ2n) is 5.31. The van der Waals surface area contributed by atoms with Crippen molar-refractivity contribution in [2.45, 2.75) is 31.7 Å². The highest BCUT2D eigenvalue weighted by Gasteiger charge is 2.46. The van der Waals surface area contributed by atoms with Gasteiger partial charge < -0.3 is 9.64 Å². The fourth-order valence-corrected chi connectivity index (χ4v) is 2.98. The number of rotatable bonds is 3. The van der Waals surface area contributed by atoms with Gasteiger partial charge in [-0.3, -0.25) is 9.59 Å². The average Bonchev–Trinajstić information content (AvgIpc) is 2.55. The lowest BCUT2D eigenvalue weighted by Gasteiger charge is -2.52. The Labute approximate surface area is 128 Å². The Bertz CT molecular complexity index is 601. The van der Waals surface area contributed by atoms with E-state index in [1.807, 2.05) is 42.5 Å². The number of anilines is 1. The van der Waals surface area contributed by atoms with Crippen LogP contribution in [0, 0.1) is 0 Å². The van der Waals surface area contributed by atoms with Gasteiger partial charge in [0.1, 0.15) is 0 Å². The van der Waals surface area contributed by atoms with Crippen LogP contribution in [0.25, 0.3) is 0 Å². The minimum absolute atomic E-state index is 0.124. The Morgan fingerprint density at radius 3 is 2.59 bits per heavy atom. The Morgan fingerprint density at radius 2 is 1.95 bits per heavy atom. The number of hydrogen-bond acceptors (Lipinski definition) is 5. The van der Waals surface area contributed by atoms with E-state index < -0.39 is 6.23 Å². The summed E-state index contributed by atoms with van der Waals surface area (Å²) >= 11 is 0. The fourth-order valence-electron chi connectivity index (χ4n) is 2.98. The van der Waals surface area contributed by atoms with E-state index in [2.05, 4.69) is 0 Å². The summed E-state index contributed by atoms with van der Waals surface area (Å²) in [5, 5.41) is 1.76. The molecule has 2 bridgehead atoms. The number of carbonyl (C=O) groups excluding carboxylic acids is 2. The van der Waals surface area contributed by atoms with Crippen LogP contribution in [-0.2, 0) is 19.2 Å². The molecule has 0 radical (unpaired) electrons. The van der Waals surface area contributed by atoms with Gasteiger partial charge in [-0.15, -0.1) is 0 Å². The summed E-state index contributed by atoms with van der Waals surface area (Å²) in [5.74, 6) is -0.467. The molecular formula is C16H18N2O4. The van der Waals surface area contributed by atoms with Crippen LogP contribution in [0.15, 0.2) is 42.5 Å². The number of nitrogens with zero attached hydrogens (tertiary/aromatic N) is 2. The smallest absolute Gasteiger partial charge is 0.307 e. The molecule has 22 heavy (non-hydrogen) atoms. The van der Waals surface area contributed by atoms with E-state index in [4.69, 9.17) is 9.57 Å². The van der Waals surface area contributed by atoms with Gasteiger partial charge in [-0.2, -0.15) is 0 Å². The van der Waals surface area contributed by atoms with Gasteiger partial charge in [0.15, 0.2) is 6.23 Å². The quantitative estimate of drug-likeness (QED) is 0.625. The van der Waals surface area contributed by atoms with Crippen LogP contribution in [-0.4, -0.2) is 42.2 Å². The zero-order valence-electron chi connectivity index (χ0n) is 12.5. The first kappa shape index (κ1) is 14.6. The van der Waals surface area contributed by atoms with Crippen LogP contribution in [0.2, 0.25) is 0 Å². The summed E-state index contributed by atoms with van der Waals surface area (Å²) in [6, 6.07) is 9.09. The number of esters is 1. The number of hydroxylamine groups is 1. The topological polar surface area (TPSA) is 59.1 Å². The molecule has 3 heterocycles.